The Kier molecular flexibility index (Phi) is 5.84. The Bertz CT molecular complexity index is 715. The molecule has 5 nitrogen and oxygen atoms in total. The minimum absolute atomic E-state index is 0.148. The number of amides is 3. The highest BCUT2D eigenvalue weighted by atomic mass is 35.5. The van der Waals surface area contributed by atoms with Crippen molar-refractivity contribution < 1.29 is 9.59 Å². The lowest BCUT2D eigenvalue weighted by molar-refractivity contribution is -0.114. The van der Waals surface area contributed by atoms with E-state index in [4.69, 9.17) is 23.2 Å². The SMILES string of the molecule is CC(=O)Nc1cccc(CNC(=O)Nc2cc(Cl)cc(Cl)c2)c1. The molecule has 7 heteroatoms. The molecule has 0 aliphatic rings. The molecule has 0 fully saturated rings. The van der Waals surface area contributed by atoms with Crippen LogP contribution in [0.1, 0.15) is 12.5 Å². The highest BCUT2D eigenvalue weighted by Crippen LogP contribution is 2.22. The second kappa shape index (κ2) is 7.85. The fourth-order valence-electron chi connectivity index (χ4n) is 1.95. The first-order valence-electron chi connectivity index (χ1n) is 6.80. The van der Waals surface area contributed by atoms with E-state index < -0.39 is 0 Å². The van der Waals surface area contributed by atoms with Gasteiger partial charge >= 0.3 is 6.03 Å². The summed E-state index contributed by atoms with van der Waals surface area (Å²) in [7, 11) is 0. The second-order valence-corrected chi connectivity index (χ2v) is 5.72. The summed E-state index contributed by atoms with van der Waals surface area (Å²) in [5.74, 6) is -0.148. The van der Waals surface area contributed by atoms with E-state index in [2.05, 4.69) is 16.0 Å². The van der Waals surface area contributed by atoms with Crippen LogP contribution in [0.5, 0.6) is 0 Å². The molecule has 0 aliphatic heterocycles. The lowest BCUT2D eigenvalue weighted by Crippen LogP contribution is -2.28. The van der Waals surface area contributed by atoms with E-state index >= 15 is 0 Å². The zero-order chi connectivity index (χ0) is 16.8. The van der Waals surface area contributed by atoms with Gasteiger partial charge in [-0.25, -0.2) is 4.79 Å². The van der Waals surface area contributed by atoms with Crippen molar-refractivity contribution in [1.29, 1.82) is 0 Å². The summed E-state index contributed by atoms with van der Waals surface area (Å²) >= 11 is 11.7. The van der Waals surface area contributed by atoms with E-state index in [1.54, 1.807) is 36.4 Å². The molecule has 0 aliphatic carbocycles. The van der Waals surface area contributed by atoms with Crippen LogP contribution in [-0.2, 0) is 11.3 Å². The lowest BCUT2D eigenvalue weighted by atomic mass is 10.2. The third-order valence-electron chi connectivity index (χ3n) is 2.82. The molecule has 0 saturated heterocycles. The van der Waals surface area contributed by atoms with Crippen molar-refractivity contribution in [1.82, 2.24) is 5.32 Å². The van der Waals surface area contributed by atoms with Gasteiger partial charge in [-0.1, -0.05) is 35.3 Å². The van der Waals surface area contributed by atoms with E-state index in [0.717, 1.165) is 5.56 Å². The summed E-state index contributed by atoms with van der Waals surface area (Å²) in [5, 5.41) is 8.94. The van der Waals surface area contributed by atoms with Crippen LogP contribution in [0, 0.1) is 0 Å². The molecule has 0 spiro atoms. The van der Waals surface area contributed by atoms with E-state index in [0.29, 0.717) is 28.0 Å². The van der Waals surface area contributed by atoms with Crippen LogP contribution >= 0.6 is 23.2 Å². The van der Waals surface area contributed by atoms with Crippen LogP contribution in [0.15, 0.2) is 42.5 Å². The van der Waals surface area contributed by atoms with Crippen LogP contribution < -0.4 is 16.0 Å². The fourth-order valence-corrected chi connectivity index (χ4v) is 2.47. The minimum atomic E-state index is -0.381. The number of rotatable bonds is 4. The van der Waals surface area contributed by atoms with Gasteiger partial charge in [-0.15, -0.1) is 0 Å². The molecule has 0 atom stereocenters. The highest BCUT2D eigenvalue weighted by molar-refractivity contribution is 6.35. The molecule has 2 aromatic carbocycles. The molecular formula is C16H15Cl2N3O2. The van der Waals surface area contributed by atoms with Crippen molar-refractivity contribution in [2.75, 3.05) is 10.6 Å². The predicted octanol–water partition coefficient (Wildman–Crippen LogP) is 4.27. The molecular weight excluding hydrogens is 337 g/mol. The summed E-state index contributed by atoms with van der Waals surface area (Å²) in [6.45, 7) is 1.75. The molecule has 0 unspecified atom stereocenters. The number of urea groups is 1. The third kappa shape index (κ3) is 5.81. The molecule has 2 aromatic rings. The van der Waals surface area contributed by atoms with Crippen molar-refractivity contribution in [2.45, 2.75) is 13.5 Å². The molecule has 0 aromatic heterocycles. The van der Waals surface area contributed by atoms with Gasteiger partial charge in [-0.3, -0.25) is 4.79 Å². The van der Waals surface area contributed by atoms with Crippen LogP contribution in [-0.4, -0.2) is 11.9 Å². The van der Waals surface area contributed by atoms with Crippen molar-refractivity contribution in [2.24, 2.45) is 0 Å². The van der Waals surface area contributed by atoms with Gasteiger partial charge in [0.25, 0.3) is 0 Å². The minimum Gasteiger partial charge on any atom is -0.334 e. The number of carbonyl (C=O) groups excluding carboxylic acids is 2. The van der Waals surface area contributed by atoms with Gasteiger partial charge in [0.1, 0.15) is 0 Å². The largest absolute Gasteiger partial charge is 0.334 e. The molecule has 23 heavy (non-hydrogen) atoms. The van der Waals surface area contributed by atoms with Crippen LogP contribution in [0.4, 0.5) is 16.2 Å². The highest BCUT2D eigenvalue weighted by Gasteiger charge is 2.04. The number of hydrogen-bond donors (Lipinski definition) is 3. The summed E-state index contributed by atoms with van der Waals surface area (Å²) < 4.78 is 0. The Balaban J connectivity index is 1.92. The Morgan fingerprint density at radius 2 is 1.65 bits per heavy atom. The summed E-state index contributed by atoms with van der Waals surface area (Å²) in [5.41, 5.74) is 2.04. The van der Waals surface area contributed by atoms with Crippen molar-refractivity contribution in [3.8, 4) is 0 Å². The Morgan fingerprint density at radius 1 is 0.957 bits per heavy atom. The smallest absolute Gasteiger partial charge is 0.319 e. The van der Waals surface area contributed by atoms with Gasteiger partial charge in [-0.05, 0) is 35.9 Å². The number of benzene rings is 2. The van der Waals surface area contributed by atoms with E-state index in [1.165, 1.54) is 6.92 Å². The average Bonchev–Trinajstić information content (AvgIpc) is 2.43. The normalized spacial score (nSPS) is 10.0. The number of halogens is 2. The van der Waals surface area contributed by atoms with Crippen LogP contribution in [0.3, 0.4) is 0 Å². The first-order chi connectivity index (χ1) is 10.9. The van der Waals surface area contributed by atoms with Gasteiger partial charge in [-0.2, -0.15) is 0 Å². The molecule has 2 rings (SSSR count). The Hall–Kier alpha value is -2.24. The van der Waals surface area contributed by atoms with Gasteiger partial charge in [0, 0.05) is 34.9 Å². The lowest BCUT2D eigenvalue weighted by Gasteiger charge is -2.09. The third-order valence-corrected chi connectivity index (χ3v) is 3.26. The number of carbonyl (C=O) groups is 2. The summed E-state index contributed by atoms with van der Waals surface area (Å²) in [6.07, 6.45) is 0. The fraction of sp³-hybridized carbons (Fsp3) is 0.125. The van der Waals surface area contributed by atoms with E-state index in [-0.39, 0.29) is 11.9 Å². The molecule has 0 saturated carbocycles. The number of nitrogens with one attached hydrogen (secondary N) is 3. The average molecular weight is 352 g/mol. The standard InChI is InChI=1S/C16H15Cl2N3O2/c1-10(22)20-14-4-2-3-11(5-14)9-19-16(23)21-15-7-12(17)6-13(18)8-15/h2-8H,9H2,1H3,(H,20,22)(H2,19,21,23). The predicted molar refractivity (Wildman–Crippen MR) is 93.1 cm³/mol. The second-order valence-electron chi connectivity index (χ2n) is 4.85. The first-order valence-corrected chi connectivity index (χ1v) is 7.55. The molecule has 0 radical (unpaired) electrons. The molecule has 0 heterocycles. The van der Waals surface area contributed by atoms with Gasteiger partial charge in [0.15, 0.2) is 0 Å². The Morgan fingerprint density at radius 3 is 2.30 bits per heavy atom. The summed E-state index contributed by atoms with van der Waals surface area (Å²) in [6, 6.07) is 11.6. The maximum Gasteiger partial charge on any atom is 0.319 e. The number of hydrogen-bond acceptors (Lipinski definition) is 2. The van der Waals surface area contributed by atoms with E-state index in [9.17, 15) is 9.59 Å². The van der Waals surface area contributed by atoms with Crippen molar-refractivity contribution in [3.63, 3.8) is 0 Å². The van der Waals surface area contributed by atoms with Crippen molar-refractivity contribution >= 4 is 46.5 Å². The van der Waals surface area contributed by atoms with Crippen LogP contribution in [0.2, 0.25) is 10.0 Å². The van der Waals surface area contributed by atoms with Gasteiger partial charge in [0.05, 0.1) is 0 Å². The maximum absolute atomic E-state index is 11.9. The molecule has 3 N–H and O–H groups in total. The topological polar surface area (TPSA) is 70.2 Å². The zero-order valence-corrected chi connectivity index (χ0v) is 13.8. The maximum atomic E-state index is 11.9. The molecule has 0 bridgehead atoms. The van der Waals surface area contributed by atoms with Gasteiger partial charge < -0.3 is 16.0 Å². The number of anilines is 2. The van der Waals surface area contributed by atoms with Gasteiger partial charge in [0.2, 0.25) is 5.91 Å². The Labute approximate surface area is 144 Å². The summed E-state index contributed by atoms with van der Waals surface area (Å²) in [4.78, 5) is 22.9. The molecule has 120 valence electrons. The van der Waals surface area contributed by atoms with Crippen molar-refractivity contribution in [3.05, 3.63) is 58.1 Å². The molecule has 3 amide bonds. The van der Waals surface area contributed by atoms with Crippen LogP contribution in [0.25, 0.3) is 0 Å². The van der Waals surface area contributed by atoms with E-state index in [1.807, 2.05) is 6.07 Å². The zero-order valence-electron chi connectivity index (χ0n) is 12.3. The monoisotopic (exact) mass is 351 g/mol. The quantitative estimate of drug-likeness (QED) is 0.769. The first kappa shape index (κ1) is 17.1.